The number of carbonyl (C=O) groups is 1. The molecular weight excluding hydrogens is 224 g/mol. The first-order valence-electron chi connectivity index (χ1n) is 6.02. The molecule has 0 aliphatic heterocycles. The van der Waals surface area contributed by atoms with E-state index in [1.54, 1.807) is 0 Å². The minimum atomic E-state index is 0.519. The average molecular weight is 242 g/mol. The van der Waals surface area contributed by atoms with E-state index < -0.39 is 0 Å². The van der Waals surface area contributed by atoms with Crippen molar-refractivity contribution < 1.29 is 4.79 Å². The number of aromatic nitrogens is 2. The maximum Gasteiger partial charge on any atom is 0.170 e. The maximum absolute atomic E-state index is 11.2. The number of imidazole rings is 1. The molecule has 0 saturated carbocycles. The number of hydrogen-bond acceptors (Lipinski definition) is 2. The Bertz CT molecular complexity index is 601. The third-order valence-corrected chi connectivity index (χ3v) is 3.37. The van der Waals surface area contributed by atoms with Crippen molar-refractivity contribution in [3.8, 4) is 11.3 Å². The van der Waals surface area contributed by atoms with Crippen LogP contribution in [0.15, 0.2) is 12.1 Å². The molecule has 0 radical (unpaired) electrons. The summed E-state index contributed by atoms with van der Waals surface area (Å²) >= 11 is 0. The predicted octanol–water partition coefficient (Wildman–Crippen LogP) is 3.13. The van der Waals surface area contributed by atoms with Gasteiger partial charge in [-0.15, -0.1) is 0 Å². The Labute approximate surface area is 107 Å². The predicted molar refractivity (Wildman–Crippen MR) is 73.0 cm³/mol. The van der Waals surface area contributed by atoms with E-state index in [0.29, 0.717) is 5.69 Å². The van der Waals surface area contributed by atoms with Crippen LogP contribution in [0.1, 0.15) is 33.0 Å². The molecule has 0 aliphatic rings. The van der Waals surface area contributed by atoms with Gasteiger partial charge in [-0.2, -0.15) is 0 Å². The zero-order valence-corrected chi connectivity index (χ0v) is 11.5. The molecule has 0 fully saturated rings. The molecule has 0 bridgehead atoms. The molecule has 0 N–H and O–H groups in total. The maximum atomic E-state index is 11.2. The highest BCUT2D eigenvalue weighted by atomic mass is 16.1. The van der Waals surface area contributed by atoms with Gasteiger partial charge in [-0.25, -0.2) is 4.98 Å². The number of carbonyl (C=O) groups excluding carboxylic acids is 1. The standard InChI is InChI=1S/C15H18N2O/c1-9-6-10(2)14(11(3)7-9)15-13(8-18)16-12(4)17(15)5/h6-8H,1-5H3. The Balaban J connectivity index is 2.81. The fourth-order valence-corrected chi connectivity index (χ4v) is 2.57. The van der Waals surface area contributed by atoms with Crippen molar-refractivity contribution >= 4 is 6.29 Å². The molecule has 2 rings (SSSR count). The van der Waals surface area contributed by atoms with Gasteiger partial charge in [0.25, 0.3) is 0 Å². The molecule has 0 unspecified atom stereocenters. The van der Waals surface area contributed by atoms with E-state index in [0.717, 1.165) is 23.4 Å². The van der Waals surface area contributed by atoms with Gasteiger partial charge in [0.05, 0.1) is 5.69 Å². The second-order valence-electron chi connectivity index (χ2n) is 4.84. The molecule has 2 aromatic rings. The Morgan fingerprint density at radius 2 is 1.67 bits per heavy atom. The summed E-state index contributed by atoms with van der Waals surface area (Å²) in [6, 6.07) is 4.28. The molecule has 1 aromatic heterocycles. The van der Waals surface area contributed by atoms with Crippen molar-refractivity contribution in [2.45, 2.75) is 27.7 Å². The zero-order valence-electron chi connectivity index (χ0n) is 11.5. The lowest BCUT2D eigenvalue weighted by atomic mass is 9.96. The first-order chi connectivity index (χ1) is 8.45. The highest BCUT2D eigenvalue weighted by molar-refractivity contribution is 5.86. The topological polar surface area (TPSA) is 34.9 Å². The van der Waals surface area contributed by atoms with Crippen molar-refractivity contribution in [1.29, 1.82) is 0 Å². The molecule has 1 heterocycles. The number of hydrogen-bond donors (Lipinski definition) is 0. The van der Waals surface area contributed by atoms with Crippen LogP contribution in [0.3, 0.4) is 0 Å². The normalized spacial score (nSPS) is 10.7. The van der Waals surface area contributed by atoms with E-state index in [4.69, 9.17) is 0 Å². The van der Waals surface area contributed by atoms with Crippen LogP contribution in [-0.4, -0.2) is 15.8 Å². The summed E-state index contributed by atoms with van der Waals surface area (Å²) in [5, 5.41) is 0. The van der Waals surface area contributed by atoms with Crippen LogP contribution < -0.4 is 0 Å². The van der Waals surface area contributed by atoms with E-state index in [9.17, 15) is 4.79 Å². The summed E-state index contributed by atoms with van der Waals surface area (Å²) in [6.07, 6.45) is 0.834. The summed E-state index contributed by atoms with van der Waals surface area (Å²) in [5.41, 5.74) is 6.14. The Morgan fingerprint density at radius 1 is 1.11 bits per heavy atom. The quantitative estimate of drug-likeness (QED) is 0.758. The van der Waals surface area contributed by atoms with E-state index in [-0.39, 0.29) is 0 Å². The summed E-state index contributed by atoms with van der Waals surface area (Å²) in [5.74, 6) is 0.853. The second kappa shape index (κ2) is 4.41. The molecule has 1 aromatic carbocycles. The van der Waals surface area contributed by atoms with Crippen molar-refractivity contribution in [1.82, 2.24) is 9.55 Å². The second-order valence-corrected chi connectivity index (χ2v) is 4.84. The summed E-state index contributed by atoms with van der Waals surface area (Å²) in [4.78, 5) is 15.5. The average Bonchev–Trinajstić information content (AvgIpc) is 2.55. The molecule has 94 valence electrons. The summed E-state index contributed by atoms with van der Waals surface area (Å²) in [7, 11) is 1.95. The Kier molecular flexibility index (Phi) is 3.07. The summed E-state index contributed by atoms with van der Waals surface area (Å²) < 4.78 is 1.98. The zero-order chi connectivity index (χ0) is 13.4. The number of benzene rings is 1. The Morgan fingerprint density at radius 3 is 2.17 bits per heavy atom. The minimum Gasteiger partial charge on any atom is -0.331 e. The van der Waals surface area contributed by atoms with Crippen LogP contribution in [0.25, 0.3) is 11.3 Å². The van der Waals surface area contributed by atoms with Gasteiger partial charge in [0.2, 0.25) is 0 Å². The number of nitrogens with zero attached hydrogens (tertiary/aromatic N) is 2. The van der Waals surface area contributed by atoms with Gasteiger partial charge in [0.1, 0.15) is 11.5 Å². The van der Waals surface area contributed by atoms with Crippen LogP contribution >= 0.6 is 0 Å². The highest BCUT2D eigenvalue weighted by Crippen LogP contribution is 2.30. The van der Waals surface area contributed by atoms with Gasteiger partial charge in [0.15, 0.2) is 6.29 Å². The largest absolute Gasteiger partial charge is 0.331 e. The molecule has 3 heteroatoms. The molecule has 0 amide bonds. The van der Waals surface area contributed by atoms with Crippen molar-refractivity contribution in [3.05, 3.63) is 40.3 Å². The van der Waals surface area contributed by atoms with Gasteiger partial charge in [-0.05, 0) is 38.8 Å². The van der Waals surface area contributed by atoms with Crippen molar-refractivity contribution in [2.75, 3.05) is 0 Å². The van der Waals surface area contributed by atoms with E-state index in [1.807, 2.05) is 18.5 Å². The monoisotopic (exact) mass is 242 g/mol. The Hall–Kier alpha value is -1.90. The van der Waals surface area contributed by atoms with Crippen LogP contribution in [0, 0.1) is 27.7 Å². The third-order valence-electron chi connectivity index (χ3n) is 3.37. The van der Waals surface area contributed by atoms with Crippen LogP contribution in [0.2, 0.25) is 0 Å². The number of aryl methyl sites for hydroxylation is 4. The molecular formula is C15H18N2O. The first-order valence-corrected chi connectivity index (χ1v) is 6.02. The lowest BCUT2D eigenvalue weighted by Gasteiger charge is -2.13. The van der Waals surface area contributed by atoms with E-state index in [1.165, 1.54) is 16.7 Å². The minimum absolute atomic E-state index is 0.519. The fraction of sp³-hybridized carbons (Fsp3) is 0.333. The highest BCUT2D eigenvalue weighted by Gasteiger charge is 2.17. The molecule has 18 heavy (non-hydrogen) atoms. The van der Waals surface area contributed by atoms with Gasteiger partial charge >= 0.3 is 0 Å². The molecule has 3 nitrogen and oxygen atoms in total. The lowest BCUT2D eigenvalue weighted by Crippen LogP contribution is -2.00. The number of aldehydes is 1. The number of rotatable bonds is 2. The van der Waals surface area contributed by atoms with Crippen LogP contribution in [-0.2, 0) is 7.05 Å². The molecule has 0 spiro atoms. The van der Waals surface area contributed by atoms with Crippen molar-refractivity contribution in [2.24, 2.45) is 7.05 Å². The SMILES string of the molecule is Cc1cc(C)c(-c2c(C=O)nc(C)n2C)c(C)c1. The third kappa shape index (κ3) is 1.86. The van der Waals surface area contributed by atoms with Crippen LogP contribution in [0.5, 0.6) is 0 Å². The molecule has 0 saturated heterocycles. The molecule has 0 atom stereocenters. The van der Waals surface area contributed by atoms with E-state index >= 15 is 0 Å². The first kappa shape index (κ1) is 12.6. The van der Waals surface area contributed by atoms with Crippen molar-refractivity contribution in [3.63, 3.8) is 0 Å². The van der Waals surface area contributed by atoms with Gasteiger partial charge in [-0.3, -0.25) is 4.79 Å². The van der Waals surface area contributed by atoms with Crippen LogP contribution in [0.4, 0.5) is 0 Å². The molecule has 0 aliphatic carbocycles. The summed E-state index contributed by atoms with van der Waals surface area (Å²) in [6.45, 7) is 8.15. The van der Waals surface area contributed by atoms with Gasteiger partial charge < -0.3 is 4.57 Å². The fourth-order valence-electron chi connectivity index (χ4n) is 2.57. The van der Waals surface area contributed by atoms with Gasteiger partial charge in [0, 0.05) is 12.6 Å². The van der Waals surface area contributed by atoms with E-state index in [2.05, 4.69) is 37.9 Å². The smallest absolute Gasteiger partial charge is 0.170 e. The lowest BCUT2D eigenvalue weighted by molar-refractivity contribution is 0.112. The van der Waals surface area contributed by atoms with Gasteiger partial charge in [-0.1, -0.05) is 17.7 Å².